The van der Waals surface area contributed by atoms with Gasteiger partial charge in [-0.1, -0.05) is 42.8 Å². The van der Waals surface area contributed by atoms with Crippen molar-refractivity contribution >= 4 is 22.5 Å². The number of hydrogen-bond acceptors (Lipinski definition) is 3. The van der Waals surface area contributed by atoms with E-state index in [0.29, 0.717) is 6.04 Å². The van der Waals surface area contributed by atoms with Gasteiger partial charge in [0.2, 0.25) is 0 Å². The molecule has 2 fully saturated rings. The molecular formula is C30H36ClN5. The molecule has 5 nitrogen and oxygen atoms in total. The molecule has 2 aliphatic heterocycles. The SMILES string of the molecule is CCN1CCC(N2CCC(n3ccc(-c4ccc5c(ccn5Cc5ccccc5Cl)c4)n3)CC2)CC1. The van der Waals surface area contributed by atoms with E-state index >= 15 is 0 Å². The van der Waals surface area contributed by atoms with Crippen LogP contribution >= 0.6 is 11.6 Å². The number of likely N-dealkylation sites (tertiary alicyclic amines) is 2. The summed E-state index contributed by atoms with van der Waals surface area (Å²) in [6.45, 7) is 9.16. The lowest BCUT2D eigenvalue weighted by atomic mass is 9.98. The lowest BCUT2D eigenvalue weighted by molar-refractivity contribution is 0.0792. The predicted molar refractivity (Wildman–Crippen MR) is 149 cm³/mol. The highest BCUT2D eigenvalue weighted by atomic mass is 35.5. The molecule has 0 N–H and O–H groups in total. The van der Waals surface area contributed by atoms with Gasteiger partial charge in [-0.05, 0) is 81.2 Å². The number of halogens is 1. The molecule has 6 heteroatoms. The van der Waals surface area contributed by atoms with Crippen LogP contribution in [0.2, 0.25) is 5.02 Å². The van der Waals surface area contributed by atoms with Crippen LogP contribution in [0.15, 0.2) is 67.0 Å². The van der Waals surface area contributed by atoms with Gasteiger partial charge >= 0.3 is 0 Å². The van der Waals surface area contributed by atoms with Crippen LogP contribution in [0, 0.1) is 0 Å². The number of fused-ring (bicyclic) bond motifs is 1. The molecule has 2 saturated heterocycles. The molecule has 0 saturated carbocycles. The second kappa shape index (κ2) is 10.4. The first-order valence-corrected chi connectivity index (χ1v) is 13.9. The highest BCUT2D eigenvalue weighted by Gasteiger charge is 2.28. The molecule has 0 aliphatic carbocycles. The van der Waals surface area contributed by atoms with Crippen molar-refractivity contribution in [2.75, 3.05) is 32.7 Å². The number of nitrogens with zero attached hydrogens (tertiary/aromatic N) is 5. The van der Waals surface area contributed by atoms with Gasteiger partial charge in [0.1, 0.15) is 0 Å². The highest BCUT2D eigenvalue weighted by molar-refractivity contribution is 6.31. The van der Waals surface area contributed by atoms with Crippen LogP contribution in [0.4, 0.5) is 0 Å². The average molecular weight is 502 g/mol. The van der Waals surface area contributed by atoms with E-state index in [0.717, 1.165) is 28.9 Å². The van der Waals surface area contributed by atoms with E-state index < -0.39 is 0 Å². The molecule has 188 valence electrons. The molecule has 0 amide bonds. The molecule has 4 heterocycles. The van der Waals surface area contributed by atoms with Crippen LogP contribution in [0.3, 0.4) is 0 Å². The van der Waals surface area contributed by atoms with E-state index in [-0.39, 0.29) is 0 Å². The predicted octanol–water partition coefficient (Wildman–Crippen LogP) is 6.33. The summed E-state index contributed by atoms with van der Waals surface area (Å²) in [5, 5.41) is 7.07. The van der Waals surface area contributed by atoms with Gasteiger partial charge in [-0.15, -0.1) is 0 Å². The van der Waals surface area contributed by atoms with Crippen molar-refractivity contribution in [1.82, 2.24) is 24.1 Å². The van der Waals surface area contributed by atoms with Crippen molar-refractivity contribution in [2.45, 2.75) is 51.2 Å². The molecule has 0 bridgehead atoms. The largest absolute Gasteiger partial charge is 0.343 e. The standard InChI is InChI=1S/C30H36ClN5/c1-2-33-15-10-26(11-16-33)34-18-12-27(13-19-34)36-20-14-29(32-36)23-7-8-30-24(21-23)9-17-35(30)22-25-5-3-4-6-28(25)31/h3-9,14,17,20-21,26-27H,2,10-13,15-16,18-19,22H2,1H3. The third-order valence-corrected chi connectivity index (χ3v) is 8.74. The van der Waals surface area contributed by atoms with Crippen LogP contribution < -0.4 is 0 Å². The number of piperidine rings is 2. The van der Waals surface area contributed by atoms with Gasteiger partial charge in [-0.2, -0.15) is 5.10 Å². The molecule has 36 heavy (non-hydrogen) atoms. The quantitative estimate of drug-likeness (QED) is 0.309. The Kier molecular flexibility index (Phi) is 6.87. The Balaban J connectivity index is 1.11. The summed E-state index contributed by atoms with van der Waals surface area (Å²) < 4.78 is 4.48. The maximum atomic E-state index is 6.39. The fourth-order valence-electron chi connectivity index (χ4n) is 6.12. The van der Waals surface area contributed by atoms with E-state index in [1.165, 1.54) is 74.9 Å². The number of benzene rings is 2. The molecule has 2 aromatic heterocycles. The number of aromatic nitrogens is 3. The monoisotopic (exact) mass is 501 g/mol. The topological polar surface area (TPSA) is 29.2 Å². The lowest BCUT2D eigenvalue weighted by Gasteiger charge is -2.41. The Bertz CT molecular complexity index is 1310. The minimum Gasteiger partial charge on any atom is -0.343 e. The smallest absolute Gasteiger partial charge is 0.0923 e. The first kappa shape index (κ1) is 23.8. The summed E-state index contributed by atoms with van der Waals surface area (Å²) in [4.78, 5) is 5.33. The molecule has 0 spiro atoms. The zero-order chi connectivity index (χ0) is 24.5. The zero-order valence-corrected chi connectivity index (χ0v) is 21.9. The van der Waals surface area contributed by atoms with E-state index in [4.69, 9.17) is 16.7 Å². The van der Waals surface area contributed by atoms with E-state index in [2.05, 4.69) is 74.8 Å². The number of rotatable bonds is 6. The van der Waals surface area contributed by atoms with Gasteiger partial charge in [0.05, 0.1) is 11.7 Å². The van der Waals surface area contributed by atoms with Gasteiger partial charge in [-0.3, -0.25) is 4.68 Å². The van der Waals surface area contributed by atoms with Gasteiger partial charge in [0.25, 0.3) is 0 Å². The van der Waals surface area contributed by atoms with Crippen molar-refractivity contribution in [3.05, 3.63) is 77.6 Å². The van der Waals surface area contributed by atoms with Crippen molar-refractivity contribution < 1.29 is 0 Å². The van der Waals surface area contributed by atoms with Crippen LogP contribution in [0.25, 0.3) is 22.2 Å². The van der Waals surface area contributed by atoms with Gasteiger partial charge in [0.15, 0.2) is 0 Å². The van der Waals surface area contributed by atoms with Crippen molar-refractivity contribution in [1.29, 1.82) is 0 Å². The van der Waals surface area contributed by atoms with Crippen molar-refractivity contribution in [3.8, 4) is 11.3 Å². The van der Waals surface area contributed by atoms with Crippen LogP contribution in [-0.2, 0) is 6.54 Å². The minimum absolute atomic E-state index is 0.506. The molecule has 2 aliphatic rings. The normalized spacial score (nSPS) is 18.8. The maximum absolute atomic E-state index is 6.39. The Hall–Kier alpha value is -2.60. The van der Waals surface area contributed by atoms with Gasteiger partial charge < -0.3 is 14.4 Å². The summed E-state index contributed by atoms with van der Waals surface area (Å²) in [6.07, 6.45) is 9.37. The Labute approximate surface area is 219 Å². The molecular weight excluding hydrogens is 466 g/mol. The molecule has 4 aromatic rings. The molecule has 2 aromatic carbocycles. The van der Waals surface area contributed by atoms with Crippen LogP contribution in [-0.4, -0.2) is 62.9 Å². The lowest BCUT2D eigenvalue weighted by Crippen LogP contribution is -2.47. The van der Waals surface area contributed by atoms with Gasteiger partial charge in [-0.25, -0.2) is 0 Å². The summed E-state index contributed by atoms with van der Waals surface area (Å²) in [5.41, 5.74) is 4.59. The summed E-state index contributed by atoms with van der Waals surface area (Å²) in [7, 11) is 0. The molecule has 0 atom stereocenters. The third kappa shape index (κ3) is 4.84. The summed E-state index contributed by atoms with van der Waals surface area (Å²) in [6, 6.07) is 20.4. The fourth-order valence-corrected chi connectivity index (χ4v) is 6.31. The highest BCUT2D eigenvalue weighted by Crippen LogP contribution is 2.29. The first-order valence-electron chi connectivity index (χ1n) is 13.5. The maximum Gasteiger partial charge on any atom is 0.0923 e. The Morgan fingerprint density at radius 2 is 1.64 bits per heavy atom. The van der Waals surface area contributed by atoms with Crippen molar-refractivity contribution in [3.63, 3.8) is 0 Å². The van der Waals surface area contributed by atoms with E-state index in [9.17, 15) is 0 Å². The molecule has 0 radical (unpaired) electrons. The van der Waals surface area contributed by atoms with E-state index in [1.807, 2.05) is 18.2 Å². The summed E-state index contributed by atoms with van der Waals surface area (Å²) in [5.74, 6) is 0. The van der Waals surface area contributed by atoms with Crippen molar-refractivity contribution in [2.24, 2.45) is 0 Å². The molecule has 6 rings (SSSR count). The second-order valence-electron chi connectivity index (χ2n) is 10.4. The third-order valence-electron chi connectivity index (χ3n) is 8.37. The molecule has 0 unspecified atom stereocenters. The average Bonchev–Trinajstić information content (AvgIpc) is 3.58. The van der Waals surface area contributed by atoms with Crippen LogP contribution in [0.1, 0.15) is 44.2 Å². The number of hydrogen-bond donors (Lipinski definition) is 0. The van der Waals surface area contributed by atoms with Crippen LogP contribution in [0.5, 0.6) is 0 Å². The zero-order valence-electron chi connectivity index (χ0n) is 21.2. The minimum atomic E-state index is 0.506. The Morgan fingerprint density at radius 3 is 2.42 bits per heavy atom. The fraction of sp³-hybridized carbons (Fsp3) is 0.433. The second-order valence-corrected chi connectivity index (χ2v) is 10.8. The van der Waals surface area contributed by atoms with E-state index in [1.54, 1.807) is 0 Å². The van der Waals surface area contributed by atoms with Gasteiger partial charge in [0, 0.05) is 59.6 Å². The summed E-state index contributed by atoms with van der Waals surface area (Å²) >= 11 is 6.39. The Morgan fingerprint density at radius 1 is 0.861 bits per heavy atom. The first-order chi connectivity index (χ1) is 17.7.